The summed E-state index contributed by atoms with van der Waals surface area (Å²) in [6.45, 7) is 1.98. The second-order valence-corrected chi connectivity index (χ2v) is 3.97. The van der Waals surface area contributed by atoms with Gasteiger partial charge >= 0.3 is 6.09 Å². The lowest BCUT2D eigenvalue weighted by molar-refractivity contribution is 0.190. The Morgan fingerprint density at radius 3 is 2.93 bits per heavy atom. The molecule has 4 heteroatoms. The van der Waals surface area contributed by atoms with E-state index in [0.29, 0.717) is 0 Å². The number of carbonyl (C=O) groups is 1. The van der Waals surface area contributed by atoms with Crippen LogP contribution >= 0.6 is 0 Å². The van der Waals surface area contributed by atoms with Gasteiger partial charge in [-0.15, -0.1) is 0 Å². The number of rotatable bonds is 1. The molecule has 1 aliphatic carbocycles. The number of nitrogen functional groups attached to an aromatic ring is 1. The van der Waals surface area contributed by atoms with E-state index >= 15 is 0 Å². The summed E-state index contributed by atoms with van der Waals surface area (Å²) >= 11 is 0. The van der Waals surface area contributed by atoms with Crippen LogP contribution in [0.25, 0.3) is 0 Å². The lowest BCUT2D eigenvalue weighted by Gasteiger charge is -2.08. The van der Waals surface area contributed by atoms with Gasteiger partial charge < -0.3 is 16.2 Å². The molecule has 80 valence electrons. The van der Waals surface area contributed by atoms with Crippen LogP contribution in [0.3, 0.4) is 0 Å². The van der Waals surface area contributed by atoms with Crippen LogP contribution in [0.2, 0.25) is 0 Å². The second kappa shape index (κ2) is 3.46. The minimum Gasteiger partial charge on any atom is -0.465 e. The van der Waals surface area contributed by atoms with Crippen molar-refractivity contribution < 1.29 is 9.90 Å². The third-order valence-electron chi connectivity index (χ3n) is 2.98. The second-order valence-electron chi connectivity index (χ2n) is 3.97. The van der Waals surface area contributed by atoms with Gasteiger partial charge in [-0.3, -0.25) is 0 Å². The molecule has 1 aromatic rings. The summed E-state index contributed by atoms with van der Waals surface area (Å²) in [5.41, 5.74) is 10.1. The fraction of sp³-hybridized carbons (Fsp3) is 0.364. The van der Waals surface area contributed by atoms with Crippen molar-refractivity contribution in [3.8, 4) is 0 Å². The summed E-state index contributed by atoms with van der Waals surface area (Å²) in [5.74, 6) is 0. The fourth-order valence-corrected chi connectivity index (χ4v) is 2.17. The molecule has 0 aromatic heterocycles. The van der Waals surface area contributed by atoms with Crippen LogP contribution in [0.4, 0.5) is 10.5 Å². The maximum atomic E-state index is 10.5. The number of benzene rings is 1. The summed E-state index contributed by atoms with van der Waals surface area (Å²) in [6.07, 6.45) is 0.555. The highest BCUT2D eigenvalue weighted by Crippen LogP contribution is 2.28. The number of nitrogens with one attached hydrogen (secondary N) is 1. The van der Waals surface area contributed by atoms with Gasteiger partial charge in [-0.2, -0.15) is 0 Å². The SMILES string of the molecule is Cc1c(N)ccc2c1CC(NC(=O)O)C2. The van der Waals surface area contributed by atoms with Crippen LogP contribution in [0, 0.1) is 6.92 Å². The molecule has 4 nitrogen and oxygen atoms in total. The van der Waals surface area contributed by atoms with Crippen LogP contribution in [0.5, 0.6) is 0 Å². The van der Waals surface area contributed by atoms with Gasteiger partial charge in [0.25, 0.3) is 0 Å². The Balaban J connectivity index is 2.24. The Bertz CT molecular complexity index is 415. The number of fused-ring (bicyclic) bond motifs is 1. The van der Waals surface area contributed by atoms with E-state index in [1.54, 1.807) is 0 Å². The molecule has 0 saturated heterocycles. The minimum atomic E-state index is -0.960. The van der Waals surface area contributed by atoms with Crippen molar-refractivity contribution in [1.29, 1.82) is 0 Å². The third kappa shape index (κ3) is 1.75. The van der Waals surface area contributed by atoms with Gasteiger partial charge in [0.1, 0.15) is 0 Å². The monoisotopic (exact) mass is 206 g/mol. The molecule has 0 saturated carbocycles. The summed E-state index contributed by atoms with van der Waals surface area (Å²) in [6, 6.07) is 3.87. The molecular weight excluding hydrogens is 192 g/mol. The van der Waals surface area contributed by atoms with Crippen molar-refractivity contribution in [2.75, 3.05) is 5.73 Å². The Morgan fingerprint density at radius 2 is 2.27 bits per heavy atom. The molecule has 1 amide bonds. The average molecular weight is 206 g/mol. The maximum absolute atomic E-state index is 10.5. The first-order chi connectivity index (χ1) is 7.08. The molecule has 1 aliphatic rings. The van der Waals surface area contributed by atoms with Crippen molar-refractivity contribution in [1.82, 2.24) is 5.32 Å². The van der Waals surface area contributed by atoms with Crippen LogP contribution in [0.15, 0.2) is 12.1 Å². The number of hydrogen-bond donors (Lipinski definition) is 3. The molecule has 0 heterocycles. The molecule has 1 unspecified atom stereocenters. The summed E-state index contributed by atoms with van der Waals surface area (Å²) < 4.78 is 0. The molecule has 0 bridgehead atoms. The first kappa shape index (κ1) is 9.83. The van der Waals surface area contributed by atoms with Crippen molar-refractivity contribution in [2.45, 2.75) is 25.8 Å². The molecule has 2 rings (SSSR count). The van der Waals surface area contributed by atoms with Crippen molar-refractivity contribution in [3.63, 3.8) is 0 Å². The third-order valence-corrected chi connectivity index (χ3v) is 2.98. The Labute approximate surface area is 88.1 Å². The first-order valence-corrected chi connectivity index (χ1v) is 4.94. The molecule has 0 aliphatic heterocycles. The van der Waals surface area contributed by atoms with E-state index in [4.69, 9.17) is 10.8 Å². The standard InChI is InChI=1S/C11H14N2O2/c1-6-9-5-8(13-11(14)15)4-7(9)2-3-10(6)12/h2-3,8,13H,4-5,12H2,1H3,(H,14,15). The zero-order valence-electron chi connectivity index (χ0n) is 8.58. The van der Waals surface area contributed by atoms with Gasteiger partial charge in [-0.1, -0.05) is 6.07 Å². The van der Waals surface area contributed by atoms with Crippen molar-refractivity contribution >= 4 is 11.8 Å². The van der Waals surface area contributed by atoms with Crippen LogP contribution < -0.4 is 11.1 Å². The van der Waals surface area contributed by atoms with E-state index in [-0.39, 0.29) is 6.04 Å². The number of anilines is 1. The zero-order chi connectivity index (χ0) is 11.0. The predicted octanol–water partition coefficient (Wildman–Crippen LogP) is 1.31. The van der Waals surface area contributed by atoms with E-state index in [9.17, 15) is 4.79 Å². The van der Waals surface area contributed by atoms with Gasteiger partial charge in [-0.05, 0) is 42.5 Å². The van der Waals surface area contributed by atoms with Crippen molar-refractivity contribution in [2.24, 2.45) is 0 Å². The van der Waals surface area contributed by atoms with Gasteiger partial charge in [0.2, 0.25) is 0 Å². The highest BCUT2D eigenvalue weighted by molar-refractivity contribution is 5.65. The molecule has 1 atom stereocenters. The van der Waals surface area contributed by atoms with Crippen LogP contribution in [-0.4, -0.2) is 17.2 Å². The molecular formula is C11H14N2O2. The smallest absolute Gasteiger partial charge is 0.404 e. The number of nitrogens with two attached hydrogens (primary N) is 1. The molecule has 1 aromatic carbocycles. The lowest BCUT2D eigenvalue weighted by Crippen LogP contribution is -2.33. The lowest BCUT2D eigenvalue weighted by atomic mass is 10.0. The topological polar surface area (TPSA) is 75.3 Å². The molecule has 0 fully saturated rings. The normalized spacial score (nSPS) is 18.6. The molecule has 15 heavy (non-hydrogen) atoms. The van der Waals surface area contributed by atoms with Gasteiger partial charge in [-0.25, -0.2) is 4.79 Å². The van der Waals surface area contributed by atoms with Crippen molar-refractivity contribution in [3.05, 3.63) is 28.8 Å². The van der Waals surface area contributed by atoms with Gasteiger partial charge in [0, 0.05) is 11.7 Å². The summed E-state index contributed by atoms with van der Waals surface area (Å²) in [7, 11) is 0. The Morgan fingerprint density at radius 1 is 1.53 bits per heavy atom. The van der Waals surface area contributed by atoms with Crippen LogP contribution in [0.1, 0.15) is 16.7 Å². The van der Waals surface area contributed by atoms with E-state index < -0.39 is 6.09 Å². The number of amides is 1. The predicted molar refractivity (Wildman–Crippen MR) is 57.9 cm³/mol. The van der Waals surface area contributed by atoms with E-state index in [1.165, 1.54) is 11.1 Å². The quantitative estimate of drug-likeness (QED) is 0.606. The summed E-state index contributed by atoms with van der Waals surface area (Å²) in [5, 5.41) is 11.2. The fourth-order valence-electron chi connectivity index (χ4n) is 2.17. The largest absolute Gasteiger partial charge is 0.465 e. The van der Waals surface area contributed by atoms with E-state index in [2.05, 4.69) is 5.32 Å². The highest BCUT2D eigenvalue weighted by atomic mass is 16.4. The zero-order valence-corrected chi connectivity index (χ0v) is 8.58. The van der Waals surface area contributed by atoms with Crippen LogP contribution in [-0.2, 0) is 12.8 Å². The summed E-state index contributed by atoms with van der Waals surface area (Å²) in [4.78, 5) is 10.5. The Kier molecular flexibility index (Phi) is 2.26. The average Bonchev–Trinajstić information content (AvgIpc) is 2.54. The molecule has 0 radical (unpaired) electrons. The number of hydrogen-bond acceptors (Lipinski definition) is 2. The van der Waals surface area contributed by atoms with Gasteiger partial charge in [0.05, 0.1) is 0 Å². The Hall–Kier alpha value is -1.71. The number of carboxylic acid groups (broad SMARTS) is 1. The molecule has 0 spiro atoms. The maximum Gasteiger partial charge on any atom is 0.404 e. The van der Waals surface area contributed by atoms with Gasteiger partial charge in [0.15, 0.2) is 0 Å². The minimum absolute atomic E-state index is 0.00185. The first-order valence-electron chi connectivity index (χ1n) is 4.94. The van der Waals surface area contributed by atoms with E-state index in [0.717, 1.165) is 24.1 Å². The molecule has 4 N–H and O–H groups in total. The highest BCUT2D eigenvalue weighted by Gasteiger charge is 2.24. The van der Waals surface area contributed by atoms with E-state index in [1.807, 2.05) is 19.1 Å².